The molecule has 1 heterocycles. The Kier molecular flexibility index (Phi) is 6.20. The molecule has 1 saturated carbocycles. The Hall–Kier alpha value is -0.0800. The molecule has 0 aromatic rings. The lowest BCUT2D eigenvalue weighted by molar-refractivity contribution is 0.117. The Morgan fingerprint density at radius 3 is 2.07 bits per heavy atom. The predicted octanol–water partition coefficient (Wildman–Crippen LogP) is 2.32. The minimum absolute atomic E-state index is 0.0463. The van der Waals surface area contributed by atoms with E-state index in [-0.39, 0.29) is 6.10 Å². The monoisotopic (exact) mass is 199 g/mol. The second kappa shape index (κ2) is 7.24. The SMILES string of the molecule is CCCC1CCCCC1.OC1CNC1. The quantitative estimate of drug-likeness (QED) is 0.715. The van der Waals surface area contributed by atoms with Gasteiger partial charge in [-0.05, 0) is 5.92 Å². The van der Waals surface area contributed by atoms with Gasteiger partial charge < -0.3 is 10.4 Å². The lowest BCUT2D eigenvalue weighted by Crippen LogP contribution is -2.46. The molecule has 2 N–H and O–H groups in total. The summed E-state index contributed by atoms with van der Waals surface area (Å²) >= 11 is 0. The van der Waals surface area contributed by atoms with E-state index in [1.54, 1.807) is 0 Å². The van der Waals surface area contributed by atoms with Gasteiger partial charge in [0.2, 0.25) is 0 Å². The van der Waals surface area contributed by atoms with Crippen molar-refractivity contribution in [2.45, 2.75) is 58.0 Å². The summed E-state index contributed by atoms with van der Waals surface area (Å²) in [5, 5.41) is 11.3. The lowest BCUT2D eigenvalue weighted by Gasteiger charge is -2.20. The van der Waals surface area contributed by atoms with Gasteiger partial charge in [-0.3, -0.25) is 0 Å². The van der Waals surface area contributed by atoms with Gasteiger partial charge in [-0.15, -0.1) is 0 Å². The van der Waals surface area contributed by atoms with Crippen LogP contribution in [-0.2, 0) is 0 Å². The normalized spacial score (nSPS) is 23.6. The van der Waals surface area contributed by atoms with Crippen molar-refractivity contribution >= 4 is 0 Å². The summed E-state index contributed by atoms with van der Waals surface area (Å²) in [6.07, 6.45) is 10.4. The molecule has 0 bridgehead atoms. The van der Waals surface area contributed by atoms with E-state index >= 15 is 0 Å². The van der Waals surface area contributed by atoms with Crippen molar-refractivity contribution in [1.29, 1.82) is 0 Å². The maximum Gasteiger partial charge on any atom is 0.0788 e. The fraction of sp³-hybridized carbons (Fsp3) is 1.00. The highest BCUT2D eigenvalue weighted by atomic mass is 16.3. The number of hydrogen-bond donors (Lipinski definition) is 2. The van der Waals surface area contributed by atoms with Gasteiger partial charge in [0.15, 0.2) is 0 Å². The third-order valence-electron chi connectivity index (χ3n) is 3.18. The molecule has 0 amide bonds. The van der Waals surface area contributed by atoms with E-state index in [0.717, 1.165) is 19.0 Å². The number of aliphatic hydroxyl groups is 1. The zero-order chi connectivity index (χ0) is 10.2. The molecule has 84 valence electrons. The summed E-state index contributed by atoms with van der Waals surface area (Å²) in [5.74, 6) is 1.10. The largest absolute Gasteiger partial charge is 0.390 e. The molecule has 2 aliphatic rings. The van der Waals surface area contributed by atoms with Crippen LogP contribution in [0.15, 0.2) is 0 Å². The standard InChI is InChI=1S/C9H18.C3H7NO/c1-2-6-9-7-4-3-5-8-9;5-3-1-4-2-3/h9H,2-8H2,1H3;3-5H,1-2H2. The highest BCUT2D eigenvalue weighted by molar-refractivity contribution is 4.71. The summed E-state index contributed by atoms with van der Waals surface area (Å²) in [4.78, 5) is 0. The highest BCUT2D eigenvalue weighted by Crippen LogP contribution is 2.26. The van der Waals surface area contributed by atoms with Crippen molar-refractivity contribution in [2.75, 3.05) is 13.1 Å². The maximum absolute atomic E-state index is 8.39. The third-order valence-corrected chi connectivity index (χ3v) is 3.18. The van der Waals surface area contributed by atoms with E-state index in [0.29, 0.717) is 0 Å². The van der Waals surface area contributed by atoms with E-state index in [9.17, 15) is 0 Å². The number of nitrogens with one attached hydrogen (secondary N) is 1. The van der Waals surface area contributed by atoms with Crippen molar-refractivity contribution in [2.24, 2.45) is 5.92 Å². The first-order chi connectivity index (χ1) is 6.83. The van der Waals surface area contributed by atoms with Gasteiger partial charge in [0.05, 0.1) is 6.10 Å². The van der Waals surface area contributed by atoms with Gasteiger partial charge in [0, 0.05) is 13.1 Å². The average Bonchev–Trinajstić information content (AvgIpc) is 2.18. The van der Waals surface area contributed by atoms with Gasteiger partial charge in [-0.25, -0.2) is 0 Å². The first-order valence-corrected chi connectivity index (χ1v) is 6.21. The van der Waals surface area contributed by atoms with Crippen LogP contribution in [0, 0.1) is 5.92 Å². The molecule has 0 radical (unpaired) electrons. The van der Waals surface area contributed by atoms with E-state index in [1.807, 2.05) is 0 Å². The second-order valence-corrected chi connectivity index (χ2v) is 4.60. The molecule has 1 aliphatic carbocycles. The predicted molar refractivity (Wildman–Crippen MR) is 60.4 cm³/mol. The Bertz CT molecular complexity index is 126. The molecule has 0 atom stereocenters. The molecule has 0 unspecified atom stereocenters. The Morgan fingerprint density at radius 1 is 1.14 bits per heavy atom. The number of rotatable bonds is 2. The first-order valence-electron chi connectivity index (χ1n) is 6.21. The summed E-state index contributed by atoms with van der Waals surface area (Å²) < 4.78 is 0. The smallest absolute Gasteiger partial charge is 0.0788 e. The molecule has 1 saturated heterocycles. The van der Waals surface area contributed by atoms with Crippen LogP contribution in [0.25, 0.3) is 0 Å². The Balaban J connectivity index is 0.000000165. The number of hydrogen-bond acceptors (Lipinski definition) is 2. The molecule has 2 heteroatoms. The molecular formula is C12H25NO. The average molecular weight is 199 g/mol. The van der Waals surface area contributed by atoms with E-state index in [2.05, 4.69) is 12.2 Å². The zero-order valence-electron chi connectivity index (χ0n) is 9.47. The summed E-state index contributed by atoms with van der Waals surface area (Å²) in [6, 6.07) is 0. The topological polar surface area (TPSA) is 32.3 Å². The molecule has 0 aromatic heterocycles. The van der Waals surface area contributed by atoms with E-state index in [1.165, 1.54) is 44.9 Å². The van der Waals surface area contributed by atoms with Crippen LogP contribution in [0.4, 0.5) is 0 Å². The molecule has 2 nitrogen and oxygen atoms in total. The lowest BCUT2D eigenvalue weighted by atomic mass is 9.86. The molecule has 0 aromatic carbocycles. The van der Waals surface area contributed by atoms with Crippen molar-refractivity contribution in [3.05, 3.63) is 0 Å². The van der Waals surface area contributed by atoms with Crippen molar-refractivity contribution in [1.82, 2.24) is 5.32 Å². The van der Waals surface area contributed by atoms with Crippen LogP contribution in [0.2, 0.25) is 0 Å². The highest BCUT2D eigenvalue weighted by Gasteiger charge is 2.11. The third kappa shape index (κ3) is 4.97. The fourth-order valence-electron chi connectivity index (χ4n) is 2.16. The molecule has 2 rings (SSSR count). The van der Waals surface area contributed by atoms with Gasteiger partial charge >= 0.3 is 0 Å². The Morgan fingerprint density at radius 2 is 1.71 bits per heavy atom. The van der Waals surface area contributed by atoms with Crippen molar-refractivity contribution in [3.63, 3.8) is 0 Å². The number of β-amino-alcohol motifs (C(OH)–C–C–N with tert-alkyl or cyclic N) is 1. The van der Waals surface area contributed by atoms with Crippen LogP contribution in [0.1, 0.15) is 51.9 Å². The fourth-order valence-corrected chi connectivity index (χ4v) is 2.16. The molecule has 0 spiro atoms. The van der Waals surface area contributed by atoms with Crippen LogP contribution >= 0.6 is 0 Å². The van der Waals surface area contributed by atoms with Crippen LogP contribution < -0.4 is 5.32 Å². The van der Waals surface area contributed by atoms with Gasteiger partial charge in [0.1, 0.15) is 0 Å². The minimum atomic E-state index is -0.0463. The van der Waals surface area contributed by atoms with E-state index in [4.69, 9.17) is 5.11 Å². The number of aliphatic hydroxyl groups excluding tert-OH is 1. The summed E-state index contributed by atoms with van der Waals surface area (Å²) in [6.45, 7) is 3.88. The molecular weight excluding hydrogens is 174 g/mol. The van der Waals surface area contributed by atoms with Gasteiger partial charge in [-0.1, -0.05) is 51.9 Å². The maximum atomic E-state index is 8.39. The zero-order valence-corrected chi connectivity index (χ0v) is 9.47. The van der Waals surface area contributed by atoms with Crippen LogP contribution in [0.3, 0.4) is 0 Å². The summed E-state index contributed by atoms with van der Waals surface area (Å²) in [7, 11) is 0. The molecule has 14 heavy (non-hydrogen) atoms. The molecule has 2 fully saturated rings. The molecule has 1 aliphatic heterocycles. The van der Waals surface area contributed by atoms with Crippen LogP contribution in [-0.4, -0.2) is 24.3 Å². The van der Waals surface area contributed by atoms with Gasteiger partial charge in [-0.2, -0.15) is 0 Å². The van der Waals surface area contributed by atoms with Crippen molar-refractivity contribution in [3.8, 4) is 0 Å². The first kappa shape index (κ1) is 12.0. The minimum Gasteiger partial charge on any atom is -0.390 e. The van der Waals surface area contributed by atoms with Crippen LogP contribution in [0.5, 0.6) is 0 Å². The Labute approximate surface area is 88.1 Å². The van der Waals surface area contributed by atoms with E-state index < -0.39 is 0 Å². The van der Waals surface area contributed by atoms with Crippen molar-refractivity contribution < 1.29 is 5.11 Å². The second-order valence-electron chi connectivity index (χ2n) is 4.60. The summed E-state index contributed by atoms with van der Waals surface area (Å²) in [5.41, 5.74) is 0. The van der Waals surface area contributed by atoms with Gasteiger partial charge in [0.25, 0.3) is 0 Å².